The van der Waals surface area contributed by atoms with Crippen LogP contribution in [0.3, 0.4) is 0 Å². The molecule has 1 N–H and O–H groups in total. The number of hydrogen-bond donors (Lipinski definition) is 1. The van der Waals surface area contributed by atoms with Gasteiger partial charge in [-0.2, -0.15) is 0 Å². The van der Waals surface area contributed by atoms with Gasteiger partial charge in [0.2, 0.25) is 0 Å². The molecule has 0 aromatic heterocycles. The largest absolute Gasteiger partial charge is 0.490 e. The van der Waals surface area contributed by atoms with Gasteiger partial charge in [-0.25, -0.2) is 4.79 Å². The maximum atomic E-state index is 11.1. The minimum atomic E-state index is -1.00. The molecule has 4 nitrogen and oxygen atoms in total. The summed E-state index contributed by atoms with van der Waals surface area (Å²) in [6, 6.07) is 6.07. The van der Waals surface area contributed by atoms with E-state index in [1.807, 2.05) is 12.1 Å². The van der Waals surface area contributed by atoms with Gasteiger partial charge in [-0.05, 0) is 36.0 Å². The number of benzene rings is 1. The van der Waals surface area contributed by atoms with Gasteiger partial charge in [-0.1, -0.05) is 39.8 Å². The molecule has 1 unspecified atom stereocenters. The van der Waals surface area contributed by atoms with E-state index in [1.54, 1.807) is 6.92 Å². The second-order valence-corrected chi connectivity index (χ2v) is 6.03. The Labute approximate surface area is 127 Å². The molecule has 0 bridgehead atoms. The van der Waals surface area contributed by atoms with Crippen LogP contribution in [-0.4, -0.2) is 30.4 Å². The Kier molecular flexibility index (Phi) is 6.21. The molecular formula is C17H26O4. The molecule has 0 saturated heterocycles. The molecule has 1 rings (SSSR count). The van der Waals surface area contributed by atoms with E-state index in [1.165, 1.54) is 5.56 Å². The number of aliphatic carboxylic acids is 1. The van der Waals surface area contributed by atoms with Crippen molar-refractivity contribution in [2.75, 3.05) is 13.2 Å². The van der Waals surface area contributed by atoms with Gasteiger partial charge in [0.1, 0.15) is 12.4 Å². The summed E-state index contributed by atoms with van der Waals surface area (Å²) >= 11 is 0. The Morgan fingerprint density at radius 1 is 1.29 bits per heavy atom. The monoisotopic (exact) mass is 294 g/mol. The first kappa shape index (κ1) is 17.5. The molecule has 1 atom stereocenters. The minimum Gasteiger partial charge on any atom is -0.490 e. The average Bonchev–Trinajstić information content (AvgIpc) is 2.42. The van der Waals surface area contributed by atoms with Gasteiger partial charge in [0.25, 0.3) is 0 Å². The molecule has 4 heteroatoms. The topological polar surface area (TPSA) is 55.8 Å². The fourth-order valence-corrected chi connectivity index (χ4v) is 2.07. The Morgan fingerprint density at radius 2 is 1.95 bits per heavy atom. The van der Waals surface area contributed by atoms with Gasteiger partial charge in [-0.3, -0.25) is 0 Å². The first-order valence-corrected chi connectivity index (χ1v) is 7.40. The van der Waals surface area contributed by atoms with E-state index in [9.17, 15) is 4.79 Å². The third-order valence-electron chi connectivity index (χ3n) is 3.29. The van der Waals surface area contributed by atoms with Crippen LogP contribution in [0.1, 0.15) is 45.7 Å². The summed E-state index contributed by atoms with van der Waals surface area (Å²) in [7, 11) is 0. The van der Waals surface area contributed by atoms with Crippen LogP contribution in [0.15, 0.2) is 18.2 Å². The highest BCUT2D eigenvalue weighted by Crippen LogP contribution is 2.32. The van der Waals surface area contributed by atoms with Crippen LogP contribution in [0, 0.1) is 0 Å². The van der Waals surface area contributed by atoms with Crippen molar-refractivity contribution in [1.82, 2.24) is 0 Å². The van der Waals surface area contributed by atoms with Gasteiger partial charge in [-0.15, -0.1) is 0 Å². The maximum Gasteiger partial charge on any atom is 0.336 e. The Bertz CT molecular complexity index is 474. The Morgan fingerprint density at radius 3 is 2.43 bits per heavy atom. The lowest BCUT2D eigenvalue weighted by Gasteiger charge is -2.24. The standard InChI is InChI=1S/C17H26O4/c1-6-12-8-9-14(13(10-12)17(3,4)5)21-11-15(16(18)19)20-7-2/h8-10,15H,6-7,11H2,1-5H3,(H,18,19). The van der Waals surface area contributed by atoms with Gasteiger partial charge in [0.05, 0.1) is 0 Å². The smallest absolute Gasteiger partial charge is 0.336 e. The zero-order valence-electron chi connectivity index (χ0n) is 13.6. The summed E-state index contributed by atoms with van der Waals surface area (Å²) in [6.07, 6.45) is 0.0220. The molecular weight excluding hydrogens is 268 g/mol. The summed E-state index contributed by atoms with van der Waals surface area (Å²) in [5, 5.41) is 9.09. The number of rotatable bonds is 7. The lowest BCUT2D eigenvalue weighted by atomic mass is 9.85. The van der Waals surface area contributed by atoms with E-state index in [-0.39, 0.29) is 12.0 Å². The second-order valence-electron chi connectivity index (χ2n) is 6.03. The van der Waals surface area contributed by atoms with E-state index in [0.717, 1.165) is 17.7 Å². The molecule has 1 aromatic rings. The summed E-state index contributed by atoms with van der Waals surface area (Å²) in [4.78, 5) is 11.1. The van der Waals surface area contributed by atoms with Crippen LogP contribution in [0.25, 0.3) is 0 Å². The molecule has 0 fully saturated rings. The molecule has 118 valence electrons. The van der Waals surface area contributed by atoms with Gasteiger partial charge in [0, 0.05) is 6.61 Å². The molecule has 0 amide bonds. The van der Waals surface area contributed by atoms with Crippen LogP contribution in [-0.2, 0) is 21.4 Å². The fourth-order valence-electron chi connectivity index (χ4n) is 2.07. The fraction of sp³-hybridized carbons (Fsp3) is 0.588. The number of carbonyl (C=O) groups is 1. The zero-order chi connectivity index (χ0) is 16.0. The number of carboxylic acid groups (broad SMARTS) is 1. The SMILES string of the molecule is CCOC(COc1ccc(CC)cc1C(C)(C)C)C(=O)O. The van der Waals surface area contributed by atoms with Crippen LogP contribution in [0.4, 0.5) is 0 Å². The summed E-state index contributed by atoms with van der Waals surface area (Å²) < 4.78 is 10.9. The van der Waals surface area contributed by atoms with Crippen molar-refractivity contribution >= 4 is 5.97 Å². The van der Waals surface area contributed by atoms with Crippen molar-refractivity contribution in [2.45, 2.75) is 52.6 Å². The van der Waals surface area contributed by atoms with Crippen molar-refractivity contribution in [3.63, 3.8) is 0 Å². The number of aryl methyl sites for hydroxylation is 1. The van der Waals surface area contributed by atoms with E-state index in [4.69, 9.17) is 14.6 Å². The van der Waals surface area contributed by atoms with Crippen molar-refractivity contribution in [3.8, 4) is 5.75 Å². The molecule has 0 aliphatic heterocycles. The summed E-state index contributed by atoms with van der Waals surface area (Å²) in [5.41, 5.74) is 2.26. The highest BCUT2D eigenvalue weighted by atomic mass is 16.5. The normalized spacial score (nSPS) is 13.0. The van der Waals surface area contributed by atoms with Crippen molar-refractivity contribution in [1.29, 1.82) is 0 Å². The molecule has 0 spiro atoms. The lowest BCUT2D eigenvalue weighted by molar-refractivity contribution is -0.152. The number of carboxylic acids is 1. The maximum absolute atomic E-state index is 11.1. The highest BCUT2D eigenvalue weighted by Gasteiger charge is 2.22. The van der Waals surface area contributed by atoms with Gasteiger partial charge in [0.15, 0.2) is 6.10 Å². The van der Waals surface area contributed by atoms with E-state index in [2.05, 4.69) is 33.8 Å². The quantitative estimate of drug-likeness (QED) is 0.837. The van der Waals surface area contributed by atoms with Crippen molar-refractivity contribution < 1.29 is 19.4 Å². The van der Waals surface area contributed by atoms with Crippen LogP contribution in [0.5, 0.6) is 5.75 Å². The molecule has 21 heavy (non-hydrogen) atoms. The Balaban J connectivity index is 2.94. The summed E-state index contributed by atoms with van der Waals surface area (Å²) in [6.45, 7) is 10.6. The zero-order valence-corrected chi connectivity index (χ0v) is 13.6. The molecule has 0 radical (unpaired) electrons. The molecule has 0 aliphatic rings. The highest BCUT2D eigenvalue weighted by molar-refractivity contribution is 5.72. The number of ether oxygens (including phenoxy) is 2. The van der Waals surface area contributed by atoms with E-state index in [0.29, 0.717) is 6.61 Å². The molecule has 0 aliphatic carbocycles. The van der Waals surface area contributed by atoms with Crippen molar-refractivity contribution in [2.24, 2.45) is 0 Å². The third kappa shape index (κ3) is 5.05. The molecule has 0 heterocycles. The van der Waals surface area contributed by atoms with Crippen LogP contribution in [0.2, 0.25) is 0 Å². The first-order chi connectivity index (χ1) is 9.79. The minimum absolute atomic E-state index is 0.0116. The Hall–Kier alpha value is -1.55. The lowest BCUT2D eigenvalue weighted by Crippen LogP contribution is -2.31. The second kappa shape index (κ2) is 7.46. The van der Waals surface area contributed by atoms with E-state index < -0.39 is 12.1 Å². The van der Waals surface area contributed by atoms with Crippen LogP contribution >= 0.6 is 0 Å². The molecule has 1 aromatic carbocycles. The predicted octanol–water partition coefficient (Wildman–Crippen LogP) is 3.42. The first-order valence-electron chi connectivity index (χ1n) is 7.40. The van der Waals surface area contributed by atoms with Crippen molar-refractivity contribution in [3.05, 3.63) is 29.3 Å². The predicted molar refractivity (Wildman–Crippen MR) is 83.1 cm³/mol. The summed E-state index contributed by atoms with van der Waals surface area (Å²) in [5.74, 6) is -0.273. The van der Waals surface area contributed by atoms with Crippen LogP contribution < -0.4 is 4.74 Å². The third-order valence-corrected chi connectivity index (χ3v) is 3.29. The molecule has 0 saturated carbocycles. The van der Waals surface area contributed by atoms with Gasteiger partial charge >= 0.3 is 5.97 Å². The number of hydrogen-bond acceptors (Lipinski definition) is 3. The average molecular weight is 294 g/mol. The van der Waals surface area contributed by atoms with Gasteiger partial charge < -0.3 is 14.6 Å². The van der Waals surface area contributed by atoms with E-state index >= 15 is 0 Å².